The van der Waals surface area contributed by atoms with Crippen molar-refractivity contribution in [2.45, 2.75) is 58.3 Å². The molecule has 1 aliphatic carbocycles. The molecule has 0 radical (unpaired) electrons. The van der Waals surface area contributed by atoms with Crippen LogP contribution in [-0.2, 0) is 10.2 Å². The quantitative estimate of drug-likeness (QED) is 0.780. The second kappa shape index (κ2) is 5.44. The molecule has 1 aromatic carbocycles. The van der Waals surface area contributed by atoms with E-state index in [1.165, 1.54) is 5.56 Å². The number of carbonyl (C=O) groups excluding carboxylic acids is 1. The standard InChI is InChI=1S/C17H23FO/c1-12(2)11-17(8-6-15(19)7-9-17)16-5-4-14(18)10-13(16)3/h4-5,10,12H,6-9,11H2,1-3H3. The van der Waals surface area contributed by atoms with Crippen LogP contribution in [0.3, 0.4) is 0 Å². The van der Waals surface area contributed by atoms with E-state index in [2.05, 4.69) is 13.8 Å². The molecule has 0 heterocycles. The summed E-state index contributed by atoms with van der Waals surface area (Å²) >= 11 is 0. The molecule has 2 rings (SSSR count). The molecule has 1 saturated carbocycles. The van der Waals surface area contributed by atoms with Gasteiger partial charge in [-0.3, -0.25) is 4.79 Å². The summed E-state index contributed by atoms with van der Waals surface area (Å²) in [6, 6.07) is 5.11. The van der Waals surface area contributed by atoms with E-state index in [0.29, 0.717) is 24.5 Å². The molecule has 0 atom stereocenters. The normalized spacial score (nSPS) is 18.9. The summed E-state index contributed by atoms with van der Waals surface area (Å²) in [6.07, 6.45) is 4.24. The number of hydrogen-bond acceptors (Lipinski definition) is 1. The Morgan fingerprint density at radius 1 is 1.26 bits per heavy atom. The van der Waals surface area contributed by atoms with E-state index in [9.17, 15) is 9.18 Å². The van der Waals surface area contributed by atoms with Crippen molar-refractivity contribution in [3.8, 4) is 0 Å². The molecule has 104 valence electrons. The van der Waals surface area contributed by atoms with Crippen LogP contribution in [0.2, 0.25) is 0 Å². The third-order valence-corrected chi connectivity index (χ3v) is 4.32. The first-order valence-electron chi connectivity index (χ1n) is 7.21. The molecule has 0 aromatic heterocycles. The van der Waals surface area contributed by atoms with E-state index in [1.54, 1.807) is 12.1 Å². The van der Waals surface area contributed by atoms with E-state index in [0.717, 1.165) is 24.8 Å². The van der Waals surface area contributed by atoms with Gasteiger partial charge >= 0.3 is 0 Å². The average molecular weight is 262 g/mol. The summed E-state index contributed by atoms with van der Waals surface area (Å²) in [5, 5.41) is 0. The molecular weight excluding hydrogens is 239 g/mol. The average Bonchev–Trinajstić information content (AvgIpc) is 2.32. The van der Waals surface area contributed by atoms with Crippen molar-refractivity contribution in [3.63, 3.8) is 0 Å². The molecule has 1 fully saturated rings. The van der Waals surface area contributed by atoms with Crippen molar-refractivity contribution in [1.82, 2.24) is 0 Å². The Kier molecular flexibility index (Phi) is 4.07. The lowest BCUT2D eigenvalue weighted by Gasteiger charge is -2.40. The lowest BCUT2D eigenvalue weighted by Crippen LogP contribution is -2.34. The lowest BCUT2D eigenvalue weighted by atomic mass is 9.64. The van der Waals surface area contributed by atoms with Crippen molar-refractivity contribution in [1.29, 1.82) is 0 Å². The summed E-state index contributed by atoms with van der Waals surface area (Å²) < 4.78 is 13.3. The van der Waals surface area contributed by atoms with Crippen LogP contribution >= 0.6 is 0 Å². The van der Waals surface area contributed by atoms with Gasteiger partial charge in [-0.05, 0) is 60.8 Å². The number of Topliss-reactive ketones (excluding diaryl/α,β-unsaturated/α-hetero) is 1. The van der Waals surface area contributed by atoms with Gasteiger partial charge in [0.1, 0.15) is 11.6 Å². The predicted octanol–water partition coefficient (Wildman–Crippen LogP) is 4.56. The summed E-state index contributed by atoms with van der Waals surface area (Å²) in [6.45, 7) is 6.42. The van der Waals surface area contributed by atoms with Crippen LogP contribution in [0.15, 0.2) is 18.2 Å². The van der Waals surface area contributed by atoms with E-state index in [4.69, 9.17) is 0 Å². The lowest BCUT2D eigenvalue weighted by molar-refractivity contribution is -0.121. The van der Waals surface area contributed by atoms with E-state index in [-0.39, 0.29) is 11.2 Å². The second-order valence-electron chi connectivity index (χ2n) is 6.38. The Morgan fingerprint density at radius 3 is 2.42 bits per heavy atom. The number of aryl methyl sites for hydroxylation is 1. The maximum atomic E-state index is 13.3. The number of rotatable bonds is 3. The first kappa shape index (κ1) is 14.2. The molecule has 19 heavy (non-hydrogen) atoms. The van der Waals surface area contributed by atoms with Gasteiger partial charge in [-0.15, -0.1) is 0 Å². The molecular formula is C17H23FO. The monoisotopic (exact) mass is 262 g/mol. The number of carbonyl (C=O) groups is 1. The van der Waals surface area contributed by atoms with Gasteiger partial charge in [-0.1, -0.05) is 19.9 Å². The van der Waals surface area contributed by atoms with E-state index < -0.39 is 0 Å². The summed E-state index contributed by atoms with van der Waals surface area (Å²) in [5.74, 6) is 0.782. The Balaban J connectivity index is 2.39. The topological polar surface area (TPSA) is 17.1 Å². The molecule has 1 aromatic rings. The number of ketones is 1. The Bertz CT molecular complexity index is 466. The molecule has 0 spiro atoms. The van der Waals surface area contributed by atoms with Crippen LogP contribution in [0.5, 0.6) is 0 Å². The van der Waals surface area contributed by atoms with Gasteiger partial charge in [0.2, 0.25) is 0 Å². The summed E-state index contributed by atoms with van der Waals surface area (Å²) in [5.41, 5.74) is 2.34. The zero-order valence-corrected chi connectivity index (χ0v) is 12.1. The van der Waals surface area contributed by atoms with Crippen molar-refractivity contribution in [2.24, 2.45) is 5.92 Å². The van der Waals surface area contributed by atoms with Crippen molar-refractivity contribution in [2.75, 3.05) is 0 Å². The first-order chi connectivity index (χ1) is 8.93. The van der Waals surface area contributed by atoms with Crippen LogP contribution in [0, 0.1) is 18.7 Å². The van der Waals surface area contributed by atoms with Crippen LogP contribution in [0.4, 0.5) is 4.39 Å². The molecule has 0 N–H and O–H groups in total. The Morgan fingerprint density at radius 2 is 1.89 bits per heavy atom. The third kappa shape index (κ3) is 3.05. The fourth-order valence-electron chi connectivity index (χ4n) is 3.59. The van der Waals surface area contributed by atoms with Gasteiger partial charge in [0.25, 0.3) is 0 Å². The Hall–Kier alpha value is -1.18. The fraction of sp³-hybridized carbons (Fsp3) is 0.588. The maximum absolute atomic E-state index is 13.3. The van der Waals surface area contributed by atoms with Crippen LogP contribution in [0.1, 0.15) is 57.1 Å². The van der Waals surface area contributed by atoms with Gasteiger partial charge < -0.3 is 0 Å². The van der Waals surface area contributed by atoms with Crippen molar-refractivity contribution < 1.29 is 9.18 Å². The highest BCUT2D eigenvalue weighted by atomic mass is 19.1. The summed E-state index contributed by atoms with van der Waals surface area (Å²) in [4.78, 5) is 11.5. The van der Waals surface area contributed by atoms with Gasteiger partial charge in [0, 0.05) is 12.8 Å². The third-order valence-electron chi connectivity index (χ3n) is 4.32. The predicted molar refractivity (Wildman–Crippen MR) is 75.7 cm³/mol. The highest BCUT2D eigenvalue weighted by molar-refractivity contribution is 5.79. The molecule has 0 aliphatic heterocycles. The molecule has 1 aliphatic rings. The number of hydrogen-bond donors (Lipinski definition) is 0. The largest absolute Gasteiger partial charge is 0.300 e. The second-order valence-corrected chi connectivity index (χ2v) is 6.38. The van der Waals surface area contributed by atoms with Crippen LogP contribution in [0.25, 0.3) is 0 Å². The molecule has 0 unspecified atom stereocenters. The minimum Gasteiger partial charge on any atom is -0.300 e. The molecule has 0 amide bonds. The van der Waals surface area contributed by atoms with E-state index in [1.807, 2.05) is 13.0 Å². The highest BCUT2D eigenvalue weighted by Crippen LogP contribution is 2.44. The smallest absolute Gasteiger partial charge is 0.132 e. The van der Waals surface area contributed by atoms with Gasteiger partial charge in [0.15, 0.2) is 0 Å². The minimum atomic E-state index is -0.173. The zero-order chi connectivity index (χ0) is 14.0. The molecule has 2 heteroatoms. The fourth-order valence-corrected chi connectivity index (χ4v) is 3.59. The Labute approximate surface area is 115 Å². The number of benzene rings is 1. The van der Waals surface area contributed by atoms with Crippen molar-refractivity contribution >= 4 is 5.78 Å². The van der Waals surface area contributed by atoms with Gasteiger partial charge in [-0.25, -0.2) is 4.39 Å². The zero-order valence-electron chi connectivity index (χ0n) is 12.1. The summed E-state index contributed by atoms with van der Waals surface area (Å²) in [7, 11) is 0. The minimum absolute atomic E-state index is 0.0693. The van der Waals surface area contributed by atoms with Crippen LogP contribution in [-0.4, -0.2) is 5.78 Å². The SMILES string of the molecule is Cc1cc(F)ccc1C1(CC(C)C)CCC(=O)CC1. The molecule has 0 saturated heterocycles. The van der Waals surface area contributed by atoms with E-state index >= 15 is 0 Å². The van der Waals surface area contributed by atoms with Gasteiger partial charge in [-0.2, -0.15) is 0 Å². The highest BCUT2D eigenvalue weighted by Gasteiger charge is 2.37. The van der Waals surface area contributed by atoms with Gasteiger partial charge in [0.05, 0.1) is 0 Å². The van der Waals surface area contributed by atoms with Crippen molar-refractivity contribution in [3.05, 3.63) is 35.1 Å². The number of halogens is 1. The molecule has 1 nitrogen and oxygen atoms in total. The first-order valence-corrected chi connectivity index (χ1v) is 7.21. The van der Waals surface area contributed by atoms with Crippen LogP contribution < -0.4 is 0 Å². The molecule has 0 bridgehead atoms. The maximum Gasteiger partial charge on any atom is 0.132 e.